The van der Waals surface area contributed by atoms with Gasteiger partial charge in [-0.1, -0.05) is 19.9 Å². The van der Waals surface area contributed by atoms with Crippen molar-refractivity contribution in [2.45, 2.75) is 27.2 Å². The molecule has 0 unspecified atom stereocenters. The molecular weight excluding hydrogens is 284 g/mol. The lowest BCUT2D eigenvalue weighted by molar-refractivity contribution is -0.131. The average molecular weight is 306 g/mol. The molecule has 6 nitrogen and oxygen atoms in total. The molecule has 0 saturated heterocycles. The number of carbonyl (C=O) groups excluding carboxylic acids is 3. The van der Waals surface area contributed by atoms with Crippen molar-refractivity contribution in [3.63, 3.8) is 0 Å². The van der Waals surface area contributed by atoms with Crippen LogP contribution >= 0.6 is 0 Å². The second-order valence-corrected chi connectivity index (χ2v) is 5.33. The monoisotopic (exact) mass is 306 g/mol. The zero-order valence-electron chi connectivity index (χ0n) is 13.1. The third-order valence-corrected chi connectivity index (χ3v) is 2.68. The molecule has 0 bridgehead atoms. The van der Waals surface area contributed by atoms with Gasteiger partial charge in [0.25, 0.3) is 5.91 Å². The van der Waals surface area contributed by atoms with Crippen molar-refractivity contribution < 1.29 is 19.1 Å². The summed E-state index contributed by atoms with van der Waals surface area (Å²) in [6, 6.07) is 6.36. The summed E-state index contributed by atoms with van der Waals surface area (Å²) in [6.45, 7) is 5.95. The van der Waals surface area contributed by atoms with E-state index in [2.05, 4.69) is 10.6 Å². The SMILES string of the molecule is CC(=O)Oc1cccc(C(=O)NCCNC(=O)CC(C)C)c1. The Morgan fingerprint density at radius 1 is 1.14 bits per heavy atom. The standard InChI is InChI=1S/C16H22N2O4/c1-11(2)9-15(20)17-7-8-18-16(21)13-5-4-6-14(10-13)22-12(3)19/h4-6,10-11H,7-9H2,1-3H3,(H,17,20)(H,18,21). The Morgan fingerprint density at radius 3 is 2.45 bits per heavy atom. The summed E-state index contributed by atoms with van der Waals surface area (Å²) in [7, 11) is 0. The van der Waals surface area contributed by atoms with Crippen LogP contribution in [0.15, 0.2) is 24.3 Å². The molecule has 0 fully saturated rings. The maximum atomic E-state index is 11.9. The fourth-order valence-corrected chi connectivity index (χ4v) is 1.79. The fourth-order valence-electron chi connectivity index (χ4n) is 1.79. The van der Waals surface area contributed by atoms with Crippen LogP contribution < -0.4 is 15.4 Å². The van der Waals surface area contributed by atoms with Crippen LogP contribution in [0.1, 0.15) is 37.6 Å². The largest absolute Gasteiger partial charge is 0.427 e. The molecule has 0 atom stereocenters. The van der Waals surface area contributed by atoms with Crippen molar-refractivity contribution in [3.05, 3.63) is 29.8 Å². The molecule has 0 radical (unpaired) electrons. The Labute approximate surface area is 130 Å². The predicted molar refractivity (Wildman–Crippen MR) is 82.5 cm³/mol. The van der Waals surface area contributed by atoms with Crippen molar-refractivity contribution in [2.24, 2.45) is 5.92 Å². The molecule has 1 rings (SSSR count). The van der Waals surface area contributed by atoms with E-state index in [4.69, 9.17) is 4.74 Å². The van der Waals surface area contributed by atoms with Gasteiger partial charge in [-0.3, -0.25) is 14.4 Å². The van der Waals surface area contributed by atoms with E-state index in [1.54, 1.807) is 18.2 Å². The van der Waals surface area contributed by atoms with Gasteiger partial charge in [-0.2, -0.15) is 0 Å². The highest BCUT2D eigenvalue weighted by Crippen LogP contribution is 2.13. The lowest BCUT2D eigenvalue weighted by Crippen LogP contribution is -2.35. The molecule has 6 heteroatoms. The Hall–Kier alpha value is -2.37. The van der Waals surface area contributed by atoms with Crippen molar-refractivity contribution in [3.8, 4) is 5.75 Å². The van der Waals surface area contributed by atoms with Gasteiger partial charge in [-0.25, -0.2) is 0 Å². The molecule has 0 saturated carbocycles. The molecule has 22 heavy (non-hydrogen) atoms. The number of nitrogens with one attached hydrogen (secondary N) is 2. The molecule has 2 N–H and O–H groups in total. The molecule has 2 amide bonds. The minimum absolute atomic E-state index is 0.0268. The lowest BCUT2D eigenvalue weighted by atomic mass is 10.1. The van der Waals surface area contributed by atoms with E-state index >= 15 is 0 Å². The molecule has 0 heterocycles. The van der Waals surface area contributed by atoms with E-state index in [0.29, 0.717) is 36.7 Å². The van der Waals surface area contributed by atoms with Gasteiger partial charge in [0.2, 0.25) is 5.91 Å². The van der Waals surface area contributed by atoms with Gasteiger partial charge < -0.3 is 15.4 Å². The Kier molecular flexibility index (Phi) is 7.08. The number of carbonyl (C=O) groups is 3. The Bertz CT molecular complexity index is 541. The average Bonchev–Trinajstić information content (AvgIpc) is 2.42. The van der Waals surface area contributed by atoms with Crippen molar-refractivity contribution in [1.82, 2.24) is 10.6 Å². The molecular formula is C16H22N2O4. The normalized spacial score (nSPS) is 10.2. The predicted octanol–water partition coefficient (Wildman–Crippen LogP) is 1.50. The first-order valence-corrected chi connectivity index (χ1v) is 7.22. The second-order valence-electron chi connectivity index (χ2n) is 5.33. The molecule has 1 aromatic carbocycles. The van der Waals surface area contributed by atoms with E-state index in [1.165, 1.54) is 13.0 Å². The molecule has 0 spiro atoms. The highest BCUT2D eigenvalue weighted by Gasteiger charge is 2.08. The van der Waals surface area contributed by atoms with Crippen molar-refractivity contribution >= 4 is 17.8 Å². The molecule has 120 valence electrons. The first kappa shape index (κ1) is 17.7. The number of esters is 1. The molecule has 0 aliphatic heterocycles. The zero-order chi connectivity index (χ0) is 16.5. The number of rotatable bonds is 7. The maximum absolute atomic E-state index is 11.9. The van der Waals surface area contributed by atoms with Crippen LogP contribution in [0, 0.1) is 5.92 Å². The highest BCUT2D eigenvalue weighted by atomic mass is 16.5. The fraction of sp³-hybridized carbons (Fsp3) is 0.438. The van der Waals surface area contributed by atoms with Gasteiger partial charge >= 0.3 is 5.97 Å². The van der Waals surface area contributed by atoms with Gasteiger partial charge in [0, 0.05) is 32.0 Å². The van der Waals surface area contributed by atoms with Crippen LogP contribution in [-0.2, 0) is 9.59 Å². The minimum Gasteiger partial charge on any atom is -0.427 e. The summed E-state index contributed by atoms with van der Waals surface area (Å²) < 4.78 is 4.92. The number of hydrogen-bond acceptors (Lipinski definition) is 4. The summed E-state index contributed by atoms with van der Waals surface area (Å²) in [6.07, 6.45) is 0.471. The van der Waals surface area contributed by atoms with Crippen LogP contribution in [0.3, 0.4) is 0 Å². The zero-order valence-corrected chi connectivity index (χ0v) is 13.1. The van der Waals surface area contributed by atoms with E-state index < -0.39 is 5.97 Å². The van der Waals surface area contributed by atoms with Gasteiger partial charge in [0.15, 0.2) is 0 Å². The van der Waals surface area contributed by atoms with Crippen LogP contribution in [0.4, 0.5) is 0 Å². The first-order chi connectivity index (χ1) is 10.4. The van der Waals surface area contributed by atoms with E-state index in [9.17, 15) is 14.4 Å². The Morgan fingerprint density at radius 2 is 1.82 bits per heavy atom. The number of benzene rings is 1. The second kappa shape index (κ2) is 8.81. The van der Waals surface area contributed by atoms with E-state index in [1.807, 2.05) is 13.8 Å². The summed E-state index contributed by atoms with van der Waals surface area (Å²) in [5.74, 6) is -0.123. The molecule has 0 aliphatic carbocycles. The van der Waals surface area contributed by atoms with E-state index in [0.717, 1.165) is 0 Å². The van der Waals surface area contributed by atoms with Gasteiger partial charge in [-0.15, -0.1) is 0 Å². The number of hydrogen-bond donors (Lipinski definition) is 2. The van der Waals surface area contributed by atoms with Crippen LogP contribution in [0.2, 0.25) is 0 Å². The lowest BCUT2D eigenvalue weighted by Gasteiger charge is -2.09. The van der Waals surface area contributed by atoms with Gasteiger partial charge in [0.05, 0.1) is 0 Å². The Balaban J connectivity index is 2.39. The van der Waals surface area contributed by atoms with Crippen LogP contribution in [0.5, 0.6) is 5.75 Å². The number of ether oxygens (including phenoxy) is 1. The third-order valence-electron chi connectivity index (χ3n) is 2.68. The molecule has 0 aromatic heterocycles. The highest BCUT2D eigenvalue weighted by molar-refractivity contribution is 5.94. The molecule has 1 aromatic rings. The summed E-state index contributed by atoms with van der Waals surface area (Å²) in [5, 5.41) is 5.43. The smallest absolute Gasteiger partial charge is 0.308 e. The van der Waals surface area contributed by atoms with Crippen molar-refractivity contribution in [1.29, 1.82) is 0 Å². The quantitative estimate of drug-likeness (QED) is 0.454. The summed E-state index contributed by atoms with van der Waals surface area (Å²) in [4.78, 5) is 34.3. The van der Waals surface area contributed by atoms with Crippen LogP contribution in [0.25, 0.3) is 0 Å². The van der Waals surface area contributed by atoms with Gasteiger partial charge in [-0.05, 0) is 24.1 Å². The first-order valence-electron chi connectivity index (χ1n) is 7.22. The number of amides is 2. The van der Waals surface area contributed by atoms with Crippen LogP contribution in [-0.4, -0.2) is 30.9 Å². The third kappa shape index (κ3) is 6.88. The molecule has 0 aliphatic rings. The topological polar surface area (TPSA) is 84.5 Å². The minimum atomic E-state index is -0.439. The van der Waals surface area contributed by atoms with Crippen molar-refractivity contribution in [2.75, 3.05) is 13.1 Å². The van der Waals surface area contributed by atoms with E-state index in [-0.39, 0.29) is 11.8 Å². The summed E-state index contributed by atoms with van der Waals surface area (Å²) in [5.41, 5.74) is 0.396. The summed E-state index contributed by atoms with van der Waals surface area (Å²) >= 11 is 0. The van der Waals surface area contributed by atoms with Gasteiger partial charge in [0.1, 0.15) is 5.75 Å². The maximum Gasteiger partial charge on any atom is 0.308 e.